The molecular formula is C26H34ClFN6O4S. The summed E-state index contributed by atoms with van der Waals surface area (Å²) in [5.74, 6) is 1.29. The lowest BCUT2D eigenvalue weighted by Gasteiger charge is -2.25. The monoisotopic (exact) mass is 580 g/mol. The van der Waals surface area contributed by atoms with E-state index in [1.165, 1.54) is 19.1 Å². The van der Waals surface area contributed by atoms with E-state index < -0.39 is 15.6 Å². The minimum Gasteiger partial charge on any atom is -0.419 e. The van der Waals surface area contributed by atoms with Crippen molar-refractivity contribution in [2.75, 3.05) is 42.2 Å². The Labute approximate surface area is 233 Å². The molecule has 1 saturated carbocycles. The van der Waals surface area contributed by atoms with E-state index in [4.69, 9.17) is 26.5 Å². The first-order valence-electron chi connectivity index (χ1n) is 12.7. The maximum Gasteiger partial charge on any atom is 0.249 e. The van der Waals surface area contributed by atoms with Crippen LogP contribution >= 0.6 is 11.6 Å². The average Bonchev–Trinajstić information content (AvgIpc) is 3.35. The number of nitrogens with zero attached hydrogens (tertiary/aromatic N) is 4. The van der Waals surface area contributed by atoms with Gasteiger partial charge in [-0.05, 0) is 62.3 Å². The third-order valence-electron chi connectivity index (χ3n) is 6.83. The van der Waals surface area contributed by atoms with Crippen LogP contribution in [0.25, 0.3) is 11.5 Å². The number of nitrogens with two attached hydrogens (primary N) is 1. The molecule has 3 atom stereocenters. The van der Waals surface area contributed by atoms with E-state index in [9.17, 15) is 12.8 Å². The van der Waals surface area contributed by atoms with Gasteiger partial charge in [0.1, 0.15) is 11.6 Å². The zero-order chi connectivity index (χ0) is 28.4. The summed E-state index contributed by atoms with van der Waals surface area (Å²) >= 11 is 6.67. The molecule has 1 fully saturated rings. The average molecular weight is 581 g/mol. The molecule has 0 bridgehead atoms. The van der Waals surface area contributed by atoms with Gasteiger partial charge in [0.2, 0.25) is 21.8 Å². The van der Waals surface area contributed by atoms with Crippen molar-refractivity contribution in [2.45, 2.75) is 39.2 Å². The topological polar surface area (TPSA) is 136 Å². The van der Waals surface area contributed by atoms with Crippen LogP contribution < -0.4 is 15.4 Å². The Morgan fingerprint density at radius 3 is 2.62 bits per heavy atom. The molecule has 0 amide bonds. The highest BCUT2D eigenvalue weighted by Crippen LogP contribution is 2.41. The van der Waals surface area contributed by atoms with Gasteiger partial charge < -0.3 is 19.8 Å². The number of pyridine rings is 1. The number of hydrogen-bond acceptors (Lipinski definition) is 9. The highest BCUT2D eigenvalue weighted by molar-refractivity contribution is 7.92. The smallest absolute Gasteiger partial charge is 0.249 e. The minimum atomic E-state index is -3.68. The van der Waals surface area contributed by atoms with E-state index in [0.717, 1.165) is 18.5 Å². The van der Waals surface area contributed by atoms with E-state index in [0.29, 0.717) is 42.8 Å². The van der Waals surface area contributed by atoms with Crippen LogP contribution in [0.1, 0.15) is 38.6 Å². The molecule has 10 nitrogen and oxygen atoms in total. The molecule has 1 aromatic carbocycles. The molecule has 1 aliphatic carbocycles. The molecule has 2 heterocycles. The zero-order valence-corrected chi connectivity index (χ0v) is 24.0. The van der Waals surface area contributed by atoms with Crippen molar-refractivity contribution in [3.8, 4) is 11.5 Å². The van der Waals surface area contributed by atoms with Gasteiger partial charge in [-0.25, -0.2) is 17.8 Å². The number of hydrogen-bond donors (Lipinski definition) is 2. The predicted molar refractivity (Wildman–Crippen MR) is 149 cm³/mol. The Kier molecular flexibility index (Phi) is 8.79. The maximum atomic E-state index is 13.3. The zero-order valence-electron chi connectivity index (χ0n) is 22.4. The second-order valence-electron chi connectivity index (χ2n) is 10.2. The molecule has 0 aliphatic heterocycles. The fraction of sp³-hybridized carbons (Fsp3) is 0.500. The van der Waals surface area contributed by atoms with E-state index in [1.807, 2.05) is 4.90 Å². The van der Waals surface area contributed by atoms with E-state index in [-0.39, 0.29) is 34.2 Å². The van der Waals surface area contributed by atoms with Crippen molar-refractivity contribution < 1.29 is 22.0 Å². The SMILES string of the molecule is CCS(=O)(=O)Nc1nc(N(CCOC)CC2CC2C)cc(-c2nnc(C(C)(N)Cc3ccc(F)cc3)o2)c1Cl. The molecule has 13 heteroatoms. The van der Waals surface area contributed by atoms with Crippen molar-refractivity contribution in [3.05, 3.63) is 52.6 Å². The van der Waals surface area contributed by atoms with Crippen molar-refractivity contribution in [1.82, 2.24) is 15.2 Å². The highest BCUT2D eigenvalue weighted by atomic mass is 35.5. The number of benzene rings is 1. The fourth-order valence-electron chi connectivity index (χ4n) is 4.22. The summed E-state index contributed by atoms with van der Waals surface area (Å²) in [4.78, 5) is 6.61. The highest BCUT2D eigenvalue weighted by Gasteiger charge is 2.35. The molecule has 212 valence electrons. The van der Waals surface area contributed by atoms with Gasteiger partial charge in [-0.15, -0.1) is 10.2 Å². The van der Waals surface area contributed by atoms with Gasteiger partial charge in [-0.1, -0.05) is 30.7 Å². The van der Waals surface area contributed by atoms with Crippen molar-refractivity contribution in [1.29, 1.82) is 0 Å². The van der Waals surface area contributed by atoms with Crippen molar-refractivity contribution in [2.24, 2.45) is 17.6 Å². The van der Waals surface area contributed by atoms with Crippen LogP contribution in [-0.4, -0.2) is 56.2 Å². The number of anilines is 2. The lowest BCUT2D eigenvalue weighted by atomic mass is 9.94. The summed E-state index contributed by atoms with van der Waals surface area (Å²) < 4.78 is 52.0. The summed E-state index contributed by atoms with van der Waals surface area (Å²) in [6, 6.07) is 7.72. The van der Waals surface area contributed by atoms with Gasteiger partial charge in [0, 0.05) is 20.2 Å². The molecule has 39 heavy (non-hydrogen) atoms. The van der Waals surface area contributed by atoms with Crippen molar-refractivity contribution >= 4 is 33.3 Å². The number of halogens is 2. The molecule has 0 saturated heterocycles. The maximum absolute atomic E-state index is 13.3. The lowest BCUT2D eigenvalue weighted by Crippen LogP contribution is -2.35. The third kappa shape index (κ3) is 7.24. The van der Waals surface area contributed by atoms with Crippen LogP contribution in [0, 0.1) is 17.7 Å². The minimum absolute atomic E-state index is 0.0229. The summed E-state index contributed by atoms with van der Waals surface area (Å²) in [5, 5.41) is 8.37. The van der Waals surface area contributed by atoms with Crippen molar-refractivity contribution in [3.63, 3.8) is 0 Å². The molecule has 0 radical (unpaired) electrons. The van der Waals surface area contributed by atoms with Crippen LogP contribution in [0.15, 0.2) is 34.7 Å². The van der Waals surface area contributed by atoms with Gasteiger partial charge in [-0.3, -0.25) is 4.72 Å². The molecule has 3 aromatic rings. The Hall–Kier alpha value is -2.80. The first kappa shape index (κ1) is 29.2. The fourth-order valence-corrected chi connectivity index (χ4v) is 5.09. The lowest BCUT2D eigenvalue weighted by molar-refractivity contribution is 0.204. The number of rotatable bonds is 13. The molecule has 4 rings (SSSR count). The van der Waals surface area contributed by atoms with Gasteiger partial charge >= 0.3 is 0 Å². The van der Waals surface area contributed by atoms with E-state index >= 15 is 0 Å². The first-order chi connectivity index (χ1) is 18.4. The standard InChI is InChI=1S/C26H34ClFN6O4S/c1-5-39(35,36)33-23-22(27)20(13-21(30-23)34(10-11-37-4)15-18-12-16(18)2)24-31-32-25(38-24)26(3,29)14-17-6-8-19(28)9-7-17/h6-9,13,16,18H,5,10-12,14-15,29H2,1-4H3,(H,30,33). The Morgan fingerprint density at radius 2 is 2.00 bits per heavy atom. The summed E-state index contributed by atoms with van der Waals surface area (Å²) in [5.41, 5.74) is 6.58. The first-order valence-corrected chi connectivity index (χ1v) is 14.8. The largest absolute Gasteiger partial charge is 0.419 e. The summed E-state index contributed by atoms with van der Waals surface area (Å²) in [7, 11) is -2.06. The number of nitrogens with one attached hydrogen (secondary N) is 1. The van der Waals surface area contributed by atoms with Gasteiger partial charge in [-0.2, -0.15) is 0 Å². The third-order valence-corrected chi connectivity index (χ3v) is 8.47. The molecule has 3 unspecified atom stereocenters. The summed E-state index contributed by atoms with van der Waals surface area (Å²) in [6.07, 6.45) is 1.42. The quantitative estimate of drug-likeness (QED) is 0.304. The second kappa shape index (κ2) is 11.7. The van der Waals surface area contributed by atoms with Crippen LogP contribution in [0.2, 0.25) is 5.02 Å². The van der Waals surface area contributed by atoms with Crippen LogP contribution in [0.4, 0.5) is 16.0 Å². The number of aromatic nitrogens is 3. The van der Waals surface area contributed by atoms with E-state index in [2.05, 4.69) is 26.8 Å². The van der Waals surface area contributed by atoms with Crippen LogP contribution in [0.5, 0.6) is 0 Å². The molecule has 2 aromatic heterocycles. The molecular weight excluding hydrogens is 547 g/mol. The predicted octanol–water partition coefficient (Wildman–Crippen LogP) is 4.21. The Bertz CT molecular complexity index is 1400. The summed E-state index contributed by atoms with van der Waals surface area (Å²) in [6.45, 7) is 7.17. The Balaban J connectivity index is 1.72. The molecule has 1 aliphatic rings. The Morgan fingerprint density at radius 1 is 1.31 bits per heavy atom. The second-order valence-corrected chi connectivity index (χ2v) is 12.6. The normalized spacial score (nSPS) is 18.5. The number of methoxy groups -OCH3 is 1. The van der Waals surface area contributed by atoms with Crippen LogP contribution in [0.3, 0.4) is 0 Å². The molecule has 0 spiro atoms. The van der Waals surface area contributed by atoms with Crippen LogP contribution in [-0.2, 0) is 26.7 Å². The van der Waals surface area contributed by atoms with E-state index in [1.54, 1.807) is 32.2 Å². The number of sulfonamides is 1. The number of ether oxygens (including phenoxy) is 1. The van der Waals surface area contributed by atoms with Gasteiger partial charge in [0.05, 0.1) is 28.5 Å². The molecule has 3 N–H and O–H groups in total. The van der Waals surface area contributed by atoms with Gasteiger partial charge in [0.25, 0.3) is 0 Å². The van der Waals surface area contributed by atoms with Gasteiger partial charge in [0.15, 0.2) is 5.82 Å².